The molecule has 2 rings (SSSR count). The van der Waals surface area contributed by atoms with E-state index in [0.717, 1.165) is 15.4 Å². The van der Waals surface area contributed by atoms with Gasteiger partial charge < -0.3 is 5.32 Å². The van der Waals surface area contributed by atoms with E-state index < -0.39 is 10.0 Å². The molecule has 18 heavy (non-hydrogen) atoms. The molecule has 2 aromatic rings. The molecule has 3 N–H and O–H groups in total. The summed E-state index contributed by atoms with van der Waals surface area (Å²) in [6.07, 6.45) is 1.43. The van der Waals surface area contributed by atoms with Crippen molar-refractivity contribution in [2.45, 2.75) is 0 Å². The fourth-order valence-electron chi connectivity index (χ4n) is 1.48. The first-order valence-electron chi connectivity index (χ1n) is 5.10. The highest BCUT2D eigenvalue weighted by Crippen LogP contribution is 2.22. The van der Waals surface area contributed by atoms with Gasteiger partial charge in [-0.05, 0) is 18.2 Å². The Morgan fingerprint density at radius 1 is 1.33 bits per heavy atom. The molecule has 1 aromatic carbocycles. The largest absolute Gasteiger partial charge is 0.368 e. The predicted octanol–water partition coefficient (Wildman–Crippen LogP) is 1.09. The maximum absolute atomic E-state index is 10.8. The Bertz CT molecular complexity index is 675. The summed E-state index contributed by atoms with van der Waals surface area (Å²) in [5, 5.41) is 8.69. The molecule has 0 spiro atoms. The number of nitrogens with two attached hydrogens (primary N) is 1. The number of nitrogens with one attached hydrogen (secondary N) is 1. The molecule has 96 valence electrons. The number of hydrogen-bond acceptors (Lipinski definition) is 5. The highest BCUT2D eigenvalue weighted by atomic mass is 79.9. The van der Waals surface area contributed by atoms with Crippen LogP contribution >= 0.6 is 15.9 Å². The maximum atomic E-state index is 10.8. The van der Waals surface area contributed by atoms with Gasteiger partial charge in [-0.15, -0.1) is 0 Å². The highest BCUT2D eigenvalue weighted by molar-refractivity contribution is 9.10. The van der Waals surface area contributed by atoms with E-state index in [4.69, 9.17) is 5.14 Å². The topological polar surface area (TPSA) is 98.0 Å². The molecular formula is C10H11BrN4O2S. The van der Waals surface area contributed by atoms with Crippen molar-refractivity contribution in [3.05, 3.63) is 29.0 Å². The second-order valence-electron chi connectivity index (χ2n) is 3.68. The smallest absolute Gasteiger partial charge is 0.210 e. The van der Waals surface area contributed by atoms with Crippen molar-refractivity contribution in [1.82, 2.24) is 9.97 Å². The first-order valence-corrected chi connectivity index (χ1v) is 7.61. The molecule has 0 radical (unpaired) electrons. The Morgan fingerprint density at radius 2 is 2.11 bits per heavy atom. The predicted molar refractivity (Wildman–Crippen MR) is 73.7 cm³/mol. The molecule has 0 unspecified atom stereocenters. The van der Waals surface area contributed by atoms with Crippen molar-refractivity contribution in [2.75, 3.05) is 17.6 Å². The van der Waals surface area contributed by atoms with Crippen LogP contribution in [0.3, 0.4) is 0 Å². The number of sulfonamides is 1. The van der Waals surface area contributed by atoms with Crippen molar-refractivity contribution in [2.24, 2.45) is 5.14 Å². The van der Waals surface area contributed by atoms with Gasteiger partial charge in [0.1, 0.15) is 12.1 Å². The zero-order valence-corrected chi connectivity index (χ0v) is 11.7. The summed E-state index contributed by atoms with van der Waals surface area (Å²) in [5.41, 5.74) is 0.784. The summed E-state index contributed by atoms with van der Waals surface area (Å²) in [4.78, 5) is 8.21. The van der Waals surface area contributed by atoms with Gasteiger partial charge in [-0.3, -0.25) is 0 Å². The molecule has 0 aliphatic heterocycles. The Balaban J connectivity index is 2.25. The zero-order valence-electron chi connectivity index (χ0n) is 9.30. The van der Waals surface area contributed by atoms with Crippen molar-refractivity contribution in [3.63, 3.8) is 0 Å². The van der Waals surface area contributed by atoms with E-state index >= 15 is 0 Å². The minimum absolute atomic E-state index is 0.146. The number of aromatic nitrogens is 2. The van der Waals surface area contributed by atoms with Gasteiger partial charge in [0, 0.05) is 16.4 Å². The number of fused-ring (bicyclic) bond motifs is 1. The van der Waals surface area contributed by atoms with Crippen LogP contribution in [0.1, 0.15) is 0 Å². The zero-order chi connectivity index (χ0) is 13.2. The lowest BCUT2D eigenvalue weighted by Crippen LogP contribution is -2.22. The molecule has 0 aliphatic rings. The van der Waals surface area contributed by atoms with Crippen molar-refractivity contribution in [1.29, 1.82) is 0 Å². The number of hydrogen-bond donors (Lipinski definition) is 2. The normalized spacial score (nSPS) is 11.7. The Labute approximate surface area is 113 Å². The summed E-state index contributed by atoms with van der Waals surface area (Å²) >= 11 is 3.37. The summed E-state index contributed by atoms with van der Waals surface area (Å²) in [7, 11) is -3.47. The summed E-state index contributed by atoms with van der Waals surface area (Å²) in [6.45, 7) is 0.206. The SMILES string of the molecule is NS(=O)(=O)CCNc1ncnc2ccc(Br)cc12. The van der Waals surface area contributed by atoms with Gasteiger partial charge in [0.2, 0.25) is 10.0 Å². The Kier molecular flexibility index (Phi) is 3.79. The molecular weight excluding hydrogens is 320 g/mol. The summed E-state index contributed by atoms with van der Waals surface area (Å²) in [5.74, 6) is 0.442. The molecule has 0 aliphatic carbocycles. The van der Waals surface area contributed by atoms with E-state index in [0.29, 0.717) is 5.82 Å². The van der Waals surface area contributed by atoms with Crippen LogP contribution in [-0.4, -0.2) is 30.7 Å². The van der Waals surface area contributed by atoms with E-state index in [1.807, 2.05) is 18.2 Å². The van der Waals surface area contributed by atoms with Gasteiger partial charge in [0.25, 0.3) is 0 Å². The van der Waals surface area contributed by atoms with Crippen molar-refractivity contribution in [3.8, 4) is 0 Å². The molecule has 0 atom stereocenters. The molecule has 0 saturated heterocycles. The number of rotatable bonds is 4. The van der Waals surface area contributed by atoms with Crippen molar-refractivity contribution < 1.29 is 8.42 Å². The average molecular weight is 331 g/mol. The number of nitrogens with zero attached hydrogens (tertiary/aromatic N) is 2. The third-order valence-corrected chi connectivity index (χ3v) is 3.54. The van der Waals surface area contributed by atoms with Crippen LogP contribution < -0.4 is 10.5 Å². The molecule has 0 amide bonds. The van der Waals surface area contributed by atoms with Crippen LogP contribution in [-0.2, 0) is 10.0 Å². The highest BCUT2D eigenvalue weighted by Gasteiger charge is 2.06. The van der Waals surface area contributed by atoms with Gasteiger partial charge in [-0.1, -0.05) is 15.9 Å². The monoisotopic (exact) mass is 330 g/mol. The second-order valence-corrected chi connectivity index (χ2v) is 6.33. The van der Waals surface area contributed by atoms with Gasteiger partial charge in [0.05, 0.1) is 11.3 Å². The lowest BCUT2D eigenvalue weighted by Gasteiger charge is -2.07. The number of anilines is 1. The maximum Gasteiger partial charge on any atom is 0.210 e. The summed E-state index contributed by atoms with van der Waals surface area (Å²) < 4.78 is 22.6. The van der Waals surface area contributed by atoms with Gasteiger partial charge in [-0.2, -0.15) is 0 Å². The third kappa shape index (κ3) is 3.37. The first kappa shape index (κ1) is 13.2. The number of halogens is 1. The second kappa shape index (κ2) is 5.17. The van der Waals surface area contributed by atoms with Crippen LogP contribution in [0.25, 0.3) is 10.9 Å². The average Bonchev–Trinajstić information content (AvgIpc) is 2.28. The number of benzene rings is 1. The van der Waals surface area contributed by atoms with E-state index in [2.05, 4.69) is 31.2 Å². The van der Waals surface area contributed by atoms with E-state index in [1.165, 1.54) is 6.33 Å². The molecule has 1 aromatic heterocycles. The van der Waals surface area contributed by atoms with Gasteiger partial charge in [-0.25, -0.2) is 23.5 Å². The van der Waals surface area contributed by atoms with E-state index in [-0.39, 0.29) is 12.3 Å². The molecule has 0 saturated carbocycles. The Morgan fingerprint density at radius 3 is 2.83 bits per heavy atom. The van der Waals surface area contributed by atoms with Crippen LogP contribution in [0.4, 0.5) is 5.82 Å². The van der Waals surface area contributed by atoms with E-state index in [1.54, 1.807) is 0 Å². The fourth-order valence-corrected chi connectivity index (χ4v) is 2.23. The lowest BCUT2D eigenvalue weighted by atomic mass is 10.2. The third-order valence-electron chi connectivity index (χ3n) is 2.28. The minimum atomic E-state index is -3.47. The van der Waals surface area contributed by atoms with Crippen LogP contribution in [0.2, 0.25) is 0 Å². The van der Waals surface area contributed by atoms with Gasteiger partial charge in [0.15, 0.2) is 0 Å². The van der Waals surface area contributed by atoms with Crippen LogP contribution in [0.5, 0.6) is 0 Å². The first-order chi connectivity index (χ1) is 8.46. The Hall–Kier alpha value is -1.25. The minimum Gasteiger partial charge on any atom is -0.368 e. The van der Waals surface area contributed by atoms with Gasteiger partial charge >= 0.3 is 0 Å². The molecule has 1 heterocycles. The standard InChI is InChI=1S/C10H11BrN4O2S/c11-7-1-2-9-8(5-7)10(15-6-14-9)13-3-4-18(12,16)17/h1-2,5-6H,3-4H2,(H2,12,16,17)(H,13,14,15). The quantitative estimate of drug-likeness (QED) is 0.874. The number of primary sulfonamides is 1. The molecule has 6 nitrogen and oxygen atoms in total. The molecule has 8 heteroatoms. The molecule has 0 fully saturated rings. The van der Waals surface area contributed by atoms with Crippen LogP contribution in [0, 0.1) is 0 Å². The van der Waals surface area contributed by atoms with E-state index in [9.17, 15) is 8.42 Å². The summed E-state index contributed by atoms with van der Waals surface area (Å²) in [6, 6.07) is 5.60. The molecule has 0 bridgehead atoms. The lowest BCUT2D eigenvalue weighted by molar-refractivity contribution is 0.598. The fraction of sp³-hybridized carbons (Fsp3) is 0.200. The van der Waals surface area contributed by atoms with Crippen molar-refractivity contribution >= 4 is 42.7 Å². The van der Waals surface area contributed by atoms with Crippen LogP contribution in [0.15, 0.2) is 29.0 Å².